The highest BCUT2D eigenvalue weighted by atomic mass is 32.2. The smallest absolute Gasteiger partial charge is 0.262 e. The number of hydrogen-bond acceptors (Lipinski definition) is 5. The third-order valence-electron chi connectivity index (χ3n) is 7.49. The van der Waals surface area contributed by atoms with Crippen molar-refractivity contribution in [3.63, 3.8) is 0 Å². The Hall–Kier alpha value is -3.69. The summed E-state index contributed by atoms with van der Waals surface area (Å²) in [6.07, 6.45) is 3.43. The molecule has 8 nitrogen and oxygen atoms in total. The molecule has 0 bridgehead atoms. The molecule has 1 fully saturated rings. The van der Waals surface area contributed by atoms with Crippen LogP contribution in [0.1, 0.15) is 41.3 Å². The summed E-state index contributed by atoms with van der Waals surface area (Å²) in [5.41, 5.74) is 10.5. The topological polar surface area (TPSA) is 117 Å². The second-order valence-electron chi connectivity index (χ2n) is 10.1. The molecular weight excluding hydrogens is 496 g/mol. The van der Waals surface area contributed by atoms with Gasteiger partial charge in [-0.15, -0.1) is 0 Å². The van der Waals surface area contributed by atoms with Gasteiger partial charge in [-0.2, -0.15) is 0 Å². The molecule has 1 saturated heterocycles. The van der Waals surface area contributed by atoms with E-state index in [4.69, 9.17) is 16.1 Å². The molecule has 0 atom stereocenters. The van der Waals surface area contributed by atoms with E-state index in [0.717, 1.165) is 66.8 Å². The number of nitrogen functional groups attached to an aromatic ring is 1. The summed E-state index contributed by atoms with van der Waals surface area (Å²) in [7, 11) is 0.324. The quantitative estimate of drug-likeness (QED) is 0.233. The SMILES string of the molecule is CN1CCC(c2ccccc2S(=O)(=O)Nc2ccc3c(c2)nc(CCc2ccc(C(=N)N)cc2)n3C)CC1. The van der Waals surface area contributed by atoms with Gasteiger partial charge in [-0.05, 0) is 80.7 Å². The van der Waals surface area contributed by atoms with Crippen LogP contribution >= 0.6 is 0 Å². The first-order valence-electron chi connectivity index (χ1n) is 12.9. The number of fused-ring (bicyclic) bond motifs is 1. The van der Waals surface area contributed by atoms with Crippen molar-refractivity contribution in [1.82, 2.24) is 14.5 Å². The number of piperidine rings is 1. The van der Waals surface area contributed by atoms with E-state index in [1.807, 2.05) is 54.1 Å². The van der Waals surface area contributed by atoms with Crippen molar-refractivity contribution in [1.29, 1.82) is 5.41 Å². The highest BCUT2D eigenvalue weighted by Crippen LogP contribution is 2.33. The van der Waals surface area contributed by atoms with Crippen LogP contribution in [-0.4, -0.2) is 48.8 Å². The molecule has 9 heteroatoms. The number of aryl methyl sites for hydroxylation is 3. The molecule has 0 unspecified atom stereocenters. The molecule has 2 heterocycles. The van der Waals surface area contributed by atoms with Crippen LogP contribution in [0.3, 0.4) is 0 Å². The number of likely N-dealkylation sites (tertiary alicyclic amines) is 1. The Morgan fingerprint density at radius 3 is 2.45 bits per heavy atom. The maximum Gasteiger partial charge on any atom is 0.262 e. The molecule has 4 aromatic rings. The van der Waals surface area contributed by atoms with Gasteiger partial charge in [-0.3, -0.25) is 10.1 Å². The minimum absolute atomic E-state index is 0.0589. The van der Waals surface area contributed by atoms with Crippen LogP contribution in [0, 0.1) is 5.41 Å². The minimum Gasteiger partial charge on any atom is -0.384 e. The molecule has 0 saturated carbocycles. The monoisotopic (exact) mass is 530 g/mol. The lowest BCUT2D eigenvalue weighted by molar-refractivity contribution is 0.254. The number of nitrogens with zero attached hydrogens (tertiary/aromatic N) is 3. The van der Waals surface area contributed by atoms with Gasteiger partial charge in [0.25, 0.3) is 10.0 Å². The van der Waals surface area contributed by atoms with Crippen LogP contribution in [0.4, 0.5) is 5.69 Å². The summed E-state index contributed by atoms with van der Waals surface area (Å²) in [5, 5.41) is 7.54. The number of anilines is 1. The summed E-state index contributed by atoms with van der Waals surface area (Å²) < 4.78 is 31.8. The molecule has 1 aliphatic rings. The molecule has 0 amide bonds. The van der Waals surface area contributed by atoms with Crippen molar-refractivity contribution >= 4 is 32.6 Å². The molecule has 38 heavy (non-hydrogen) atoms. The van der Waals surface area contributed by atoms with Crippen LogP contribution in [0.5, 0.6) is 0 Å². The highest BCUT2D eigenvalue weighted by molar-refractivity contribution is 7.92. The fraction of sp³-hybridized carbons (Fsp3) is 0.310. The largest absolute Gasteiger partial charge is 0.384 e. The summed E-state index contributed by atoms with van der Waals surface area (Å²) in [6, 6.07) is 20.6. The maximum absolute atomic E-state index is 13.5. The first-order valence-corrected chi connectivity index (χ1v) is 14.4. The van der Waals surface area contributed by atoms with Gasteiger partial charge in [0, 0.05) is 19.0 Å². The Morgan fingerprint density at radius 2 is 1.74 bits per heavy atom. The number of sulfonamides is 1. The van der Waals surface area contributed by atoms with E-state index in [1.54, 1.807) is 24.3 Å². The second kappa shape index (κ2) is 10.6. The standard InChI is InChI=1S/C29H34N6O2S/c1-34-17-15-21(16-18-34)24-5-3-4-6-27(24)38(36,37)33-23-12-13-26-25(19-23)32-28(35(26)2)14-9-20-7-10-22(11-8-20)29(30)31/h3-8,10-13,19,21,33H,9,14-18H2,1-2H3,(H3,30,31). The van der Waals surface area contributed by atoms with Gasteiger partial charge in [0.1, 0.15) is 11.7 Å². The number of aromatic nitrogens is 2. The Balaban J connectivity index is 1.34. The maximum atomic E-state index is 13.5. The Morgan fingerprint density at radius 1 is 1.03 bits per heavy atom. The predicted octanol–water partition coefficient (Wildman–Crippen LogP) is 4.25. The minimum atomic E-state index is -3.76. The van der Waals surface area contributed by atoms with E-state index in [0.29, 0.717) is 16.1 Å². The molecule has 5 rings (SSSR count). The van der Waals surface area contributed by atoms with Crippen LogP contribution < -0.4 is 10.5 Å². The van der Waals surface area contributed by atoms with E-state index in [1.165, 1.54) is 0 Å². The van der Waals surface area contributed by atoms with Gasteiger partial charge in [0.2, 0.25) is 0 Å². The van der Waals surface area contributed by atoms with Crippen LogP contribution in [0.15, 0.2) is 71.6 Å². The molecule has 1 aromatic heterocycles. The van der Waals surface area contributed by atoms with Crippen molar-refractivity contribution in [3.8, 4) is 0 Å². The van der Waals surface area contributed by atoms with E-state index in [-0.39, 0.29) is 11.8 Å². The molecular formula is C29H34N6O2S. The number of imidazole rings is 1. The molecule has 0 radical (unpaired) electrons. The average molecular weight is 531 g/mol. The molecule has 1 aliphatic heterocycles. The third-order valence-corrected chi connectivity index (χ3v) is 8.95. The fourth-order valence-electron chi connectivity index (χ4n) is 5.24. The van der Waals surface area contributed by atoms with Gasteiger partial charge in [-0.25, -0.2) is 13.4 Å². The van der Waals surface area contributed by atoms with E-state index in [9.17, 15) is 8.42 Å². The van der Waals surface area contributed by atoms with E-state index >= 15 is 0 Å². The number of nitrogens with two attached hydrogens (primary N) is 1. The van der Waals surface area contributed by atoms with Gasteiger partial charge in [0.05, 0.1) is 21.6 Å². The predicted molar refractivity (Wildman–Crippen MR) is 152 cm³/mol. The van der Waals surface area contributed by atoms with Crippen LogP contribution in [0.25, 0.3) is 11.0 Å². The Kier molecular flexibility index (Phi) is 7.23. The van der Waals surface area contributed by atoms with Crippen molar-refractivity contribution in [2.45, 2.75) is 36.5 Å². The number of amidine groups is 1. The lowest BCUT2D eigenvalue weighted by Gasteiger charge is -2.30. The lowest BCUT2D eigenvalue weighted by atomic mass is 9.90. The molecule has 4 N–H and O–H groups in total. The van der Waals surface area contributed by atoms with Crippen LogP contribution in [0.2, 0.25) is 0 Å². The Bertz CT molecular complexity index is 1570. The zero-order chi connectivity index (χ0) is 26.9. The fourth-order valence-corrected chi connectivity index (χ4v) is 6.59. The van der Waals surface area contributed by atoms with Gasteiger partial charge < -0.3 is 15.2 Å². The summed E-state index contributed by atoms with van der Waals surface area (Å²) in [5.74, 6) is 1.21. The van der Waals surface area contributed by atoms with Crippen LogP contribution in [-0.2, 0) is 29.9 Å². The van der Waals surface area contributed by atoms with Gasteiger partial charge in [-0.1, -0.05) is 42.5 Å². The first-order chi connectivity index (χ1) is 18.2. The number of benzene rings is 3. The van der Waals surface area contributed by atoms with E-state index < -0.39 is 10.0 Å². The molecule has 198 valence electrons. The van der Waals surface area contributed by atoms with Gasteiger partial charge in [0.15, 0.2) is 0 Å². The summed E-state index contributed by atoms with van der Waals surface area (Å²) >= 11 is 0. The van der Waals surface area contributed by atoms with Crippen molar-refractivity contribution in [3.05, 3.63) is 89.2 Å². The zero-order valence-corrected chi connectivity index (χ0v) is 22.6. The normalized spacial score (nSPS) is 15.1. The lowest BCUT2D eigenvalue weighted by Crippen LogP contribution is -2.30. The van der Waals surface area contributed by atoms with Crippen molar-refractivity contribution in [2.24, 2.45) is 12.8 Å². The Labute approximate surface area is 224 Å². The summed E-state index contributed by atoms with van der Waals surface area (Å²) in [6.45, 7) is 1.93. The molecule has 3 aromatic carbocycles. The number of rotatable bonds is 8. The van der Waals surface area contributed by atoms with Crippen molar-refractivity contribution < 1.29 is 8.42 Å². The molecule has 0 aliphatic carbocycles. The molecule has 0 spiro atoms. The van der Waals surface area contributed by atoms with Gasteiger partial charge >= 0.3 is 0 Å². The highest BCUT2D eigenvalue weighted by Gasteiger charge is 2.26. The number of nitrogens with one attached hydrogen (secondary N) is 2. The first kappa shape index (κ1) is 25.9. The zero-order valence-electron chi connectivity index (χ0n) is 21.8. The summed E-state index contributed by atoms with van der Waals surface area (Å²) in [4.78, 5) is 7.44. The second-order valence-corrected chi connectivity index (χ2v) is 11.8. The third kappa shape index (κ3) is 5.44. The van der Waals surface area contributed by atoms with Crippen molar-refractivity contribution in [2.75, 3.05) is 24.9 Å². The number of hydrogen-bond donors (Lipinski definition) is 3. The average Bonchev–Trinajstić information content (AvgIpc) is 3.22. The van der Waals surface area contributed by atoms with E-state index in [2.05, 4.69) is 16.7 Å².